The van der Waals surface area contributed by atoms with E-state index in [4.69, 9.17) is 15.0 Å². The molecular weight excluding hydrogens is 1250 g/mol. The quantitative estimate of drug-likeness (QED) is 0.113. The summed E-state index contributed by atoms with van der Waals surface area (Å²) in [6.45, 7) is 7.50. The molecule has 500 valence electrons. The van der Waals surface area contributed by atoms with E-state index in [9.17, 15) is 45.1 Å². The van der Waals surface area contributed by atoms with Crippen LogP contribution in [0.2, 0.25) is 0 Å². The van der Waals surface area contributed by atoms with Crippen molar-refractivity contribution in [1.82, 2.24) is 44.9 Å². The first-order valence-corrected chi connectivity index (χ1v) is 32.3. The number of carbonyl (C=O) groups is 3. The second-order valence-corrected chi connectivity index (χ2v) is 25.2. The molecule has 0 unspecified atom stereocenters. The lowest BCUT2D eigenvalue weighted by Crippen LogP contribution is -2.56. The number of carbonyl (C=O) groups excluding carboxylic acids is 3. The van der Waals surface area contributed by atoms with Gasteiger partial charge in [-0.2, -0.15) is 26.3 Å². The fraction of sp³-hybridized carbons (Fsp3) is 0.409. The number of hydrogen-bond acceptors (Lipinski definition) is 16. The van der Waals surface area contributed by atoms with Crippen molar-refractivity contribution < 1.29 is 45.1 Å². The van der Waals surface area contributed by atoms with E-state index < -0.39 is 36.0 Å². The molecule has 8 aromatic heterocycles. The SMILES string of the molecule is Cc1cc(-c2ccc3c(n2)N(C(=O)Nc2ccc4[nH]cnc4n2)[C@H]2CCN3C2)ccn1.O=C(Nc1ccc(F)cn1)N1c2nc(N3CCC[C@H](C(F)(F)F)C3)ccc2N2CCC[C@H]1C2.O=C(Nc1cccnc1)N1c2nc(N3CCC[C@H](C(F)(F)F)C3)ccc2N2CCC[C@H]1C2. The lowest BCUT2D eigenvalue weighted by atomic mass is 9.97. The van der Waals surface area contributed by atoms with E-state index in [-0.39, 0.29) is 61.9 Å². The Bertz CT molecular complexity index is 4170. The van der Waals surface area contributed by atoms with Crippen LogP contribution in [0.4, 0.5) is 109 Å². The maximum Gasteiger partial charge on any atom is 0.393 e. The fourth-order valence-electron chi connectivity index (χ4n) is 14.2. The van der Waals surface area contributed by atoms with Gasteiger partial charge in [0.15, 0.2) is 23.1 Å². The molecule has 6 amide bonds. The van der Waals surface area contributed by atoms with Gasteiger partial charge in [-0.05, 0) is 150 Å². The van der Waals surface area contributed by atoms with E-state index in [2.05, 4.69) is 66.6 Å². The van der Waals surface area contributed by atoms with E-state index in [1.807, 2.05) is 43.3 Å². The number of nitrogens with zero attached hydrogens (tertiary/aromatic N) is 16. The number of amides is 6. The molecule has 0 saturated carbocycles. The van der Waals surface area contributed by atoms with Gasteiger partial charge in [0.1, 0.15) is 29.1 Å². The minimum Gasteiger partial charge on any atom is -0.366 e. The zero-order chi connectivity index (χ0) is 66.4. The third-order valence-electron chi connectivity index (χ3n) is 19.0. The van der Waals surface area contributed by atoms with Crippen LogP contribution in [-0.2, 0) is 0 Å². The van der Waals surface area contributed by atoms with Gasteiger partial charge in [0, 0.05) is 89.1 Å². The zero-order valence-electron chi connectivity index (χ0n) is 52.3. The predicted octanol–water partition coefficient (Wildman–Crippen LogP) is 12.0. The molecule has 0 aliphatic carbocycles. The second kappa shape index (κ2) is 26.2. The van der Waals surface area contributed by atoms with Crippen LogP contribution in [-0.4, -0.2) is 159 Å². The lowest BCUT2D eigenvalue weighted by Gasteiger charge is -2.46. The van der Waals surface area contributed by atoms with Crippen LogP contribution in [0, 0.1) is 24.6 Å². The summed E-state index contributed by atoms with van der Waals surface area (Å²) in [6, 6.07) is 23.9. The molecule has 0 radical (unpaired) electrons. The molecule has 23 nitrogen and oxygen atoms in total. The number of nitrogens with one attached hydrogen (secondary N) is 4. The van der Waals surface area contributed by atoms with Crippen LogP contribution in [0.3, 0.4) is 0 Å². The van der Waals surface area contributed by atoms with E-state index in [0.29, 0.717) is 85.3 Å². The minimum atomic E-state index is -4.25. The molecule has 96 heavy (non-hydrogen) atoms. The van der Waals surface area contributed by atoms with E-state index in [1.54, 1.807) is 79.7 Å². The Morgan fingerprint density at radius 1 is 0.510 bits per heavy atom. The van der Waals surface area contributed by atoms with E-state index in [0.717, 1.165) is 104 Å². The molecule has 5 fully saturated rings. The first-order chi connectivity index (χ1) is 46.3. The van der Waals surface area contributed by atoms with Gasteiger partial charge in [-0.25, -0.2) is 48.7 Å². The summed E-state index contributed by atoms with van der Waals surface area (Å²) in [5.41, 5.74) is 7.30. The fourth-order valence-corrected chi connectivity index (χ4v) is 14.2. The Hall–Kier alpha value is -10.2. The van der Waals surface area contributed by atoms with Crippen molar-refractivity contribution >= 4 is 92.7 Å². The Balaban J connectivity index is 0.000000124. The van der Waals surface area contributed by atoms with E-state index in [1.165, 1.54) is 12.1 Å². The number of imidazole rings is 1. The van der Waals surface area contributed by atoms with Gasteiger partial charge in [-0.1, -0.05) is 0 Å². The van der Waals surface area contributed by atoms with Crippen molar-refractivity contribution in [2.24, 2.45) is 11.8 Å². The van der Waals surface area contributed by atoms with Gasteiger partial charge >= 0.3 is 30.4 Å². The Morgan fingerprint density at radius 2 is 1.05 bits per heavy atom. The van der Waals surface area contributed by atoms with Crippen LogP contribution >= 0.6 is 0 Å². The summed E-state index contributed by atoms with van der Waals surface area (Å²) >= 11 is 0. The molecule has 8 aliphatic rings. The number of alkyl halides is 6. The van der Waals surface area contributed by atoms with Gasteiger partial charge in [0.2, 0.25) is 0 Å². The summed E-state index contributed by atoms with van der Waals surface area (Å²) in [4.78, 5) is 93.1. The number of rotatable bonds is 6. The Labute approximate surface area is 547 Å². The van der Waals surface area contributed by atoms with Crippen molar-refractivity contribution in [1.29, 1.82) is 0 Å². The van der Waals surface area contributed by atoms with Crippen molar-refractivity contribution in [3.05, 3.63) is 128 Å². The molecule has 6 bridgehead atoms. The number of hydrogen-bond donors (Lipinski definition) is 4. The third kappa shape index (κ3) is 13.2. The number of aromatic amines is 1. The molecule has 5 atom stereocenters. The second-order valence-electron chi connectivity index (χ2n) is 25.2. The number of halogens is 7. The van der Waals surface area contributed by atoms with E-state index >= 15 is 0 Å². The van der Waals surface area contributed by atoms with Gasteiger partial charge in [-0.15, -0.1) is 0 Å². The molecule has 8 aliphatic heterocycles. The summed E-state index contributed by atoms with van der Waals surface area (Å²) in [7, 11) is 0. The number of anilines is 11. The normalized spacial score (nSPS) is 21.0. The van der Waals surface area contributed by atoms with Crippen LogP contribution in [0.25, 0.3) is 22.4 Å². The highest BCUT2D eigenvalue weighted by molar-refractivity contribution is 6.06. The number of H-pyrrole nitrogens is 1. The molecule has 0 aromatic carbocycles. The number of piperidine rings is 4. The first-order valence-electron chi connectivity index (χ1n) is 32.3. The molecule has 8 aromatic rings. The van der Waals surface area contributed by atoms with Gasteiger partial charge in [0.05, 0.1) is 82.6 Å². The van der Waals surface area contributed by atoms with Gasteiger partial charge < -0.3 is 34.8 Å². The molecule has 0 spiro atoms. The van der Waals surface area contributed by atoms with Crippen molar-refractivity contribution in [3.63, 3.8) is 0 Å². The molecule has 16 heterocycles. The predicted molar refractivity (Wildman–Crippen MR) is 351 cm³/mol. The summed E-state index contributed by atoms with van der Waals surface area (Å²) in [5, 5.41) is 8.52. The Kier molecular flexibility index (Phi) is 17.3. The summed E-state index contributed by atoms with van der Waals surface area (Å²) in [5.74, 6) is -0.0543. The van der Waals surface area contributed by atoms with Gasteiger partial charge in [-0.3, -0.25) is 35.3 Å². The highest BCUT2D eigenvalue weighted by Crippen LogP contribution is 2.45. The first kappa shape index (κ1) is 63.2. The lowest BCUT2D eigenvalue weighted by molar-refractivity contribution is -0.176. The number of pyridine rings is 7. The molecule has 5 saturated heterocycles. The average Bonchev–Trinajstić information content (AvgIpc) is 1.54. The van der Waals surface area contributed by atoms with Crippen LogP contribution < -0.4 is 55.1 Å². The zero-order valence-corrected chi connectivity index (χ0v) is 52.3. The summed E-state index contributed by atoms with van der Waals surface area (Å²) < 4.78 is 93.1. The number of fused-ring (bicyclic) bond motifs is 13. The third-order valence-corrected chi connectivity index (χ3v) is 19.0. The smallest absolute Gasteiger partial charge is 0.366 e. The van der Waals surface area contributed by atoms with Gasteiger partial charge in [0.25, 0.3) is 0 Å². The average molecular weight is 1320 g/mol. The maximum absolute atomic E-state index is 13.4. The monoisotopic (exact) mass is 1320 g/mol. The largest absolute Gasteiger partial charge is 0.393 e. The Morgan fingerprint density at radius 3 is 1.62 bits per heavy atom. The number of urea groups is 3. The molecule has 30 heteroatoms. The molecule has 4 N–H and O–H groups in total. The van der Waals surface area contributed by atoms with Crippen molar-refractivity contribution in [3.8, 4) is 11.3 Å². The number of aromatic nitrogens is 9. The number of aryl methyl sites for hydroxylation is 1. The highest BCUT2D eigenvalue weighted by Gasteiger charge is 2.46. The molecule has 16 rings (SSSR count). The van der Waals surface area contributed by atoms with Crippen molar-refractivity contribution in [2.75, 3.05) is 121 Å². The summed E-state index contributed by atoms with van der Waals surface area (Å²) in [6.07, 6.45) is 4.67. The highest BCUT2D eigenvalue weighted by atomic mass is 19.4. The van der Waals surface area contributed by atoms with Crippen molar-refractivity contribution in [2.45, 2.75) is 95.2 Å². The minimum absolute atomic E-state index is 0.0417. The maximum atomic E-state index is 13.4. The topological polar surface area (TPSA) is 232 Å². The van der Waals surface area contributed by atoms with Crippen LogP contribution in [0.15, 0.2) is 116 Å². The van der Waals surface area contributed by atoms with Crippen LogP contribution in [0.5, 0.6) is 0 Å². The van der Waals surface area contributed by atoms with Crippen LogP contribution in [0.1, 0.15) is 63.5 Å². The standard InChI is InChI=1S/C22H24F4N6O.C22H25F3N6O.C22H20N8O/c23-15-5-7-18(27-11-15)28-21(33)32-16-4-2-9-30(13-16)17-6-8-19(29-20(17)32)31-10-1-3-14(12-31)22(24,25)26;23-22(24,25)15-4-2-11-30(13-15)19-8-7-18-20(28-19)31(17-6-3-10-29(18)14-17)21(32)27-16-5-1-9-26-12-16;1-13-10-14(6-8-23-13)16-2-4-18-21(26-16)30(15-7-9-29(18)11-15)22(31)28-19-5-3-17-20(27-19)25-12-24-17/h5-8,11,14,16H,1-4,9-10,12-13H2,(H,27,28,33);1,5,7-9,12,15,17H,2-4,6,10-11,13-14H2,(H,27,32);2-6,8,10,12,15H,7,9,11H2,1H3,(H2,24,25,27,28,31)/t14-,16-;15-,17-;15-/m000/s1. The molecular formula is C66H69F7N20O3.